The Hall–Kier alpha value is -4.38. The van der Waals surface area contributed by atoms with Crippen molar-refractivity contribution in [1.29, 1.82) is 0 Å². The number of ether oxygens (including phenoxy) is 2. The van der Waals surface area contributed by atoms with E-state index in [1.165, 1.54) is 17.7 Å². The molecule has 1 unspecified atom stereocenters. The van der Waals surface area contributed by atoms with Gasteiger partial charge >= 0.3 is 6.03 Å². The minimum Gasteiger partial charge on any atom is -0.496 e. The van der Waals surface area contributed by atoms with Crippen molar-refractivity contribution < 1.29 is 37.1 Å². The lowest BCUT2D eigenvalue weighted by atomic mass is 10.0. The summed E-state index contributed by atoms with van der Waals surface area (Å²) in [5, 5.41) is 6.89. The third-order valence-corrected chi connectivity index (χ3v) is 16.1. The van der Waals surface area contributed by atoms with Gasteiger partial charge in [-0.05, 0) is 97.1 Å². The zero-order valence-corrected chi connectivity index (χ0v) is 37.6. The molecule has 8 rings (SSSR count). The molecule has 4 fully saturated rings. The number of aromatic nitrogens is 1. The lowest BCUT2D eigenvalue weighted by molar-refractivity contribution is -0.141. The van der Waals surface area contributed by atoms with Gasteiger partial charge in [0.2, 0.25) is 21.8 Å². The summed E-state index contributed by atoms with van der Waals surface area (Å²) in [6.45, 7) is 7.68. The summed E-state index contributed by atoms with van der Waals surface area (Å²) in [6, 6.07) is 3.45. The number of hydrogen-bond donors (Lipinski definition) is 3. The van der Waals surface area contributed by atoms with Gasteiger partial charge in [-0.2, -0.15) is 0 Å². The highest BCUT2D eigenvalue weighted by atomic mass is 32.2. The van der Waals surface area contributed by atoms with E-state index >= 15 is 0 Å². The van der Waals surface area contributed by atoms with Crippen LogP contribution in [0.3, 0.4) is 0 Å². The van der Waals surface area contributed by atoms with E-state index in [9.17, 15) is 27.6 Å². The minimum atomic E-state index is -3.90. The second kappa shape index (κ2) is 16.7. The van der Waals surface area contributed by atoms with Crippen LogP contribution in [0.1, 0.15) is 103 Å². The van der Waals surface area contributed by atoms with Gasteiger partial charge in [0.15, 0.2) is 0 Å². The average Bonchev–Trinajstić information content (AvgIpc) is 4.17. The molecule has 1 aromatic heterocycles. The number of hydrogen-bond acceptors (Lipinski definition) is 11. The fourth-order valence-corrected chi connectivity index (χ4v) is 11.1. The second-order valence-corrected chi connectivity index (χ2v) is 21.6. The largest absolute Gasteiger partial charge is 0.496 e. The van der Waals surface area contributed by atoms with Gasteiger partial charge in [0.1, 0.15) is 40.3 Å². The van der Waals surface area contributed by atoms with Crippen molar-refractivity contribution in [3.05, 3.63) is 41.6 Å². The van der Waals surface area contributed by atoms with Crippen LogP contribution in [0, 0.1) is 18.8 Å². The Bertz CT molecular complexity index is 2270. The SMILES string of the molecule is COc1ccc2c(O[C@@H]3C[C@H]4C(=O)N[C@]5(C(=O)NS(=O)(=O)C6CC6)C[C@H]5/C=C\CCCCC[C@H](NC(=O)N(C)C(C)(C)C)C(=O)N4C3)cc(C3=NC(C4CC4)CS3)nc2c1C. The van der Waals surface area contributed by atoms with Crippen molar-refractivity contribution in [2.75, 3.05) is 26.5 Å². The maximum atomic E-state index is 14.9. The summed E-state index contributed by atoms with van der Waals surface area (Å²) >= 11 is 1.69. The highest BCUT2D eigenvalue weighted by molar-refractivity contribution is 8.14. The first-order valence-corrected chi connectivity index (χ1v) is 24.3. The van der Waals surface area contributed by atoms with Crippen molar-refractivity contribution >= 4 is 61.5 Å². The van der Waals surface area contributed by atoms with Crippen LogP contribution in [0.2, 0.25) is 0 Å². The molecule has 330 valence electrons. The third-order valence-electron chi connectivity index (χ3n) is 13.2. The standard InChI is InChI=1S/C44H59N7O8S2/c1-25-35(58-6)19-18-30-36(21-32(45-37(25)30)39-46-33(24-60-39)26-14-15-26)59-28-20-34-38(52)48-44(41(54)49-61(56,57)29-16-17-29)22-27(44)12-10-8-7-9-11-13-31(40(53)51(34)23-28)47-42(55)50(5)43(2,3)4/h10,12,18-19,21,26-29,31,33-34H,7-9,11,13-17,20,22-24H2,1-6H3,(H,47,55)(H,48,52)(H,49,54)/b12-10-/t27-,28-,31+,33?,34+,44-/m1/s1. The number of benzene rings is 1. The average molecular weight is 878 g/mol. The lowest BCUT2D eigenvalue weighted by Crippen LogP contribution is -2.59. The summed E-state index contributed by atoms with van der Waals surface area (Å²) in [6.07, 6.45) is 10.1. The topological polar surface area (TPSA) is 189 Å². The molecule has 1 saturated heterocycles. The van der Waals surface area contributed by atoms with Crippen molar-refractivity contribution in [3.8, 4) is 11.5 Å². The molecule has 15 nitrogen and oxygen atoms in total. The number of sulfonamides is 1. The van der Waals surface area contributed by atoms with Crippen molar-refractivity contribution in [1.82, 2.24) is 30.1 Å². The summed E-state index contributed by atoms with van der Waals surface area (Å²) in [5.41, 5.74) is 0.187. The molecule has 4 heterocycles. The van der Waals surface area contributed by atoms with E-state index in [0.29, 0.717) is 60.7 Å². The maximum Gasteiger partial charge on any atom is 0.318 e. The second-order valence-electron chi connectivity index (χ2n) is 18.7. The zero-order chi connectivity index (χ0) is 43.4. The summed E-state index contributed by atoms with van der Waals surface area (Å²) in [4.78, 5) is 70.3. The van der Waals surface area contributed by atoms with Crippen LogP contribution in [-0.4, -0.2) is 119 Å². The quantitative estimate of drug-likeness (QED) is 0.290. The molecule has 61 heavy (non-hydrogen) atoms. The van der Waals surface area contributed by atoms with E-state index in [4.69, 9.17) is 19.5 Å². The number of carbonyl (C=O) groups is 4. The first-order valence-electron chi connectivity index (χ1n) is 21.7. The number of thioether (sulfide) groups is 1. The van der Waals surface area contributed by atoms with Crippen molar-refractivity contribution in [3.63, 3.8) is 0 Å². The molecule has 0 bridgehead atoms. The van der Waals surface area contributed by atoms with Crippen molar-refractivity contribution in [2.45, 2.75) is 139 Å². The number of nitrogens with one attached hydrogen (secondary N) is 3. The predicted octanol–water partition coefficient (Wildman–Crippen LogP) is 4.98. The van der Waals surface area contributed by atoms with Crippen LogP contribution >= 0.6 is 11.8 Å². The van der Waals surface area contributed by atoms with Crippen LogP contribution < -0.4 is 24.8 Å². The number of nitrogens with zero attached hydrogens (tertiary/aromatic N) is 4. The molecule has 2 aromatic rings. The Morgan fingerprint density at radius 1 is 1.07 bits per heavy atom. The molecule has 3 N–H and O–H groups in total. The number of methoxy groups -OCH3 is 1. The van der Waals surface area contributed by atoms with Crippen LogP contribution in [0.5, 0.6) is 11.5 Å². The Morgan fingerprint density at radius 2 is 1.84 bits per heavy atom. The fraction of sp³-hybridized carbons (Fsp3) is 0.636. The van der Waals surface area contributed by atoms with Crippen LogP contribution in [-0.2, 0) is 24.4 Å². The lowest BCUT2D eigenvalue weighted by Gasteiger charge is -2.35. The molecule has 1 aromatic carbocycles. The van der Waals surface area contributed by atoms with E-state index < -0.39 is 74.2 Å². The van der Waals surface area contributed by atoms with Gasteiger partial charge in [-0.1, -0.05) is 25.0 Å². The van der Waals surface area contributed by atoms with Gasteiger partial charge < -0.3 is 29.9 Å². The van der Waals surface area contributed by atoms with Crippen LogP contribution in [0.4, 0.5) is 4.79 Å². The smallest absolute Gasteiger partial charge is 0.318 e. The number of amides is 5. The fourth-order valence-electron chi connectivity index (χ4n) is 8.64. The normalized spacial score (nSPS) is 29.0. The first-order chi connectivity index (χ1) is 29.0. The van der Waals surface area contributed by atoms with Gasteiger partial charge in [0, 0.05) is 47.7 Å². The molecule has 3 aliphatic carbocycles. The summed E-state index contributed by atoms with van der Waals surface area (Å²) < 4.78 is 40.8. The van der Waals surface area contributed by atoms with Crippen LogP contribution in [0.25, 0.3) is 10.9 Å². The molecule has 3 aliphatic heterocycles. The van der Waals surface area contributed by atoms with E-state index in [-0.39, 0.29) is 25.4 Å². The number of aryl methyl sites for hydroxylation is 1. The Kier molecular flexibility index (Phi) is 11.9. The number of fused-ring (bicyclic) bond motifs is 3. The summed E-state index contributed by atoms with van der Waals surface area (Å²) in [7, 11) is -0.606. The number of aliphatic imine (C=N–C) groups is 1. The minimum absolute atomic E-state index is 0.0186. The van der Waals surface area contributed by atoms with E-state index in [1.54, 1.807) is 30.8 Å². The molecular weight excluding hydrogens is 819 g/mol. The number of pyridine rings is 1. The van der Waals surface area contributed by atoms with Gasteiger partial charge in [-0.15, -0.1) is 11.8 Å². The third kappa shape index (κ3) is 9.09. The Balaban J connectivity index is 1.14. The molecule has 5 amide bonds. The highest BCUT2D eigenvalue weighted by Gasteiger charge is 2.62. The summed E-state index contributed by atoms with van der Waals surface area (Å²) in [5.74, 6) is 0.481. The van der Waals surface area contributed by atoms with E-state index in [1.807, 2.05) is 58.0 Å². The maximum absolute atomic E-state index is 14.9. The monoisotopic (exact) mass is 877 g/mol. The number of urea groups is 1. The molecule has 0 radical (unpaired) electrons. The number of carbonyl (C=O) groups excluding carboxylic acids is 4. The number of allylic oxidation sites excluding steroid dienone is 1. The van der Waals surface area contributed by atoms with Crippen LogP contribution in [0.15, 0.2) is 35.3 Å². The molecule has 6 atom stereocenters. The zero-order valence-electron chi connectivity index (χ0n) is 36.0. The predicted molar refractivity (Wildman–Crippen MR) is 234 cm³/mol. The first kappa shape index (κ1) is 43.3. The molecule has 0 spiro atoms. The highest BCUT2D eigenvalue weighted by Crippen LogP contribution is 2.46. The van der Waals surface area contributed by atoms with E-state index in [0.717, 1.165) is 34.6 Å². The molecular formula is C44H59N7O8S2. The molecule has 17 heteroatoms. The number of rotatable bonds is 9. The molecule has 6 aliphatic rings. The van der Waals surface area contributed by atoms with Gasteiger partial charge in [0.25, 0.3) is 5.91 Å². The Labute approximate surface area is 362 Å². The van der Waals surface area contributed by atoms with Gasteiger partial charge in [0.05, 0.1) is 36.2 Å². The van der Waals surface area contributed by atoms with Crippen molar-refractivity contribution in [2.24, 2.45) is 16.8 Å². The van der Waals surface area contributed by atoms with Gasteiger partial charge in [-0.3, -0.25) is 24.1 Å². The molecule has 3 saturated carbocycles. The van der Waals surface area contributed by atoms with E-state index in [2.05, 4.69) is 15.4 Å². The van der Waals surface area contributed by atoms with Gasteiger partial charge in [-0.25, -0.2) is 18.2 Å². The Morgan fingerprint density at radius 3 is 2.54 bits per heavy atom.